The lowest BCUT2D eigenvalue weighted by Gasteiger charge is -2.01. The highest BCUT2D eigenvalue weighted by Crippen LogP contribution is 2.42. The first-order chi connectivity index (χ1) is 11.1. The minimum Gasteiger partial charge on any atom is -0.481 e. The van der Waals surface area contributed by atoms with E-state index in [0.717, 1.165) is 5.56 Å². The summed E-state index contributed by atoms with van der Waals surface area (Å²) < 4.78 is 16.6. The van der Waals surface area contributed by atoms with Gasteiger partial charge in [-0.25, -0.2) is 0 Å². The highest BCUT2D eigenvalue weighted by atomic mass is 35.5. The van der Waals surface area contributed by atoms with Gasteiger partial charge in [0.2, 0.25) is 6.79 Å². The predicted octanol–water partition coefficient (Wildman–Crippen LogP) is 4.11. The molecule has 0 unspecified atom stereocenters. The van der Waals surface area contributed by atoms with Crippen molar-refractivity contribution in [1.82, 2.24) is 0 Å². The van der Waals surface area contributed by atoms with Gasteiger partial charge in [-0.1, -0.05) is 11.6 Å². The molecule has 3 aromatic rings. The molecule has 0 amide bonds. The van der Waals surface area contributed by atoms with Gasteiger partial charge in [0.05, 0.1) is 6.42 Å². The number of ether oxygens (including phenoxy) is 2. The normalized spacial score (nSPS) is 12.7. The Balaban J connectivity index is 1.95. The Morgan fingerprint density at radius 2 is 1.83 bits per heavy atom. The van der Waals surface area contributed by atoms with Gasteiger partial charge in [-0.3, -0.25) is 4.79 Å². The third-order valence-corrected chi connectivity index (χ3v) is 3.97. The number of hydrogen-bond donors (Lipinski definition) is 1. The molecule has 2 heterocycles. The van der Waals surface area contributed by atoms with E-state index in [-0.39, 0.29) is 13.2 Å². The zero-order chi connectivity index (χ0) is 16.0. The van der Waals surface area contributed by atoms with Crippen molar-refractivity contribution >= 4 is 28.5 Å². The van der Waals surface area contributed by atoms with Crippen molar-refractivity contribution in [3.8, 4) is 22.8 Å². The second-order valence-electron chi connectivity index (χ2n) is 5.19. The molecule has 2 aromatic carbocycles. The number of carboxylic acid groups (broad SMARTS) is 1. The minimum atomic E-state index is -0.930. The van der Waals surface area contributed by atoms with Gasteiger partial charge in [-0.15, -0.1) is 0 Å². The van der Waals surface area contributed by atoms with Crippen molar-refractivity contribution in [2.45, 2.75) is 6.42 Å². The van der Waals surface area contributed by atoms with Gasteiger partial charge < -0.3 is 19.0 Å². The number of fused-ring (bicyclic) bond motifs is 2. The number of furan rings is 1. The lowest BCUT2D eigenvalue weighted by Crippen LogP contribution is -2.00. The maximum atomic E-state index is 11.3. The van der Waals surface area contributed by atoms with Crippen LogP contribution in [-0.4, -0.2) is 17.9 Å². The second kappa shape index (κ2) is 5.21. The maximum Gasteiger partial charge on any atom is 0.307 e. The standard InChI is InChI=1S/C17H11ClO5/c18-10-3-1-9(2-4-10)17-12(6-16(19)20)11-5-14-15(22-8-21-14)7-13(11)23-17/h1-5,7H,6,8H2,(H,19,20). The summed E-state index contributed by atoms with van der Waals surface area (Å²) in [5.41, 5.74) is 1.94. The Morgan fingerprint density at radius 1 is 1.13 bits per heavy atom. The fraction of sp³-hybridized carbons (Fsp3) is 0.118. The van der Waals surface area contributed by atoms with Crippen LogP contribution in [0.1, 0.15) is 5.56 Å². The van der Waals surface area contributed by atoms with Crippen molar-refractivity contribution in [3.05, 3.63) is 47.0 Å². The van der Waals surface area contributed by atoms with Crippen LogP contribution in [-0.2, 0) is 11.2 Å². The van der Waals surface area contributed by atoms with Crippen molar-refractivity contribution in [2.75, 3.05) is 6.79 Å². The van der Waals surface area contributed by atoms with Crippen molar-refractivity contribution in [2.24, 2.45) is 0 Å². The smallest absolute Gasteiger partial charge is 0.307 e. The van der Waals surface area contributed by atoms with Crippen molar-refractivity contribution in [3.63, 3.8) is 0 Å². The summed E-state index contributed by atoms with van der Waals surface area (Å²) in [4.78, 5) is 11.3. The van der Waals surface area contributed by atoms with Gasteiger partial charge in [-0.05, 0) is 30.3 Å². The summed E-state index contributed by atoms with van der Waals surface area (Å²) in [6.45, 7) is 0.153. The first kappa shape index (κ1) is 14.0. The molecule has 0 saturated carbocycles. The fourth-order valence-electron chi connectivity index (χ4n) is 2.70. The van der Waals surface area contributed by atoms with E-state index in [2.05, 4.69) is 0 Å². The second-order valence-corrected chi connectivity index (χ2v) is 5.63. The molecule has 0 radical (unpaired) electrons. The van der Waals surface area contributed by atoms with Crippen LogP contribution < -0.4 is 9.47 Å². The van der Waals surface area contributed by atoms with Crippen LogP contribution in [0, 0.1) is 0 Å². The summed E-state index contributed by atoms with van der Waals surface area (Å²) in [6.07, 6.45) is -0.148. The van der Waals surface area contributed by atoms with Gasteiger partial charge in [0.1, 0.15) is 11.3 Å². The summed E-state index contributed by atoms with van der Waals surface area (Å²) in [6, 6.07) is 10.6. The van der Waals surface area contributed by atoms with Gasteiger partial charge in [-0.2, -0.15) is 0 Å². The molecule has 0 spiro atoms. The zero-order valence-corrected chi connectivity index (χ0v) is 12.6. The summed E-state index contributed by atoms with van der Waals surface area (Å²) >= 11 is 5.91. The van der Waals surface area contributed by atoms with Gasteiger partial charge in [0, 0.05) is 27.6 Å². The first-order valence-corrected chi connectivity index (χ1v) is 7.32. The van der Waals surface area contributed by atoms with E-state index in [0.29, 0.717) is 38.8 Å². The monoisotopic (exact) mass is 330 g/mol. The Labute approximate surface area is 136 Å². The third kappa shape index (κ3) is 2.39. The van der Waals surface area contributed by atoms with Gasteiger partial charge in [0.15, 0.2) is 11.5 Å². The lowest BCUT2D eigenvalue weighted by atomic mass is 10.0. The molecule has 1 aliphatic rings. The molecule has 5 nitrogen and oxygen atoms in total. The number of benzene rings is 2. The predicted molar refractivity (Wildman–Crippen MR) is 84.1 cm³/mol. The molecule has 1 aliphatic heterocycles. The van der Waals surface area contributed by atoms with Crippen LogP contribution in [0.25, 0.3) is 22.3 Å². The number of hydrogen-bond acceptors (Lipinski definition) is 4. The van der Waals surface area contributed by atoms with Crippen LogP contribution >= 0.6 is 11.6 Å². The number of carboxylic acids is 1. The van der Waals surface area contributed by atoms with E-state index in [4.69, 9.17) is 25.5 Å². The molecule has 116 valence electrons. The maximum absolute atomic E-state index is 11.3. The van der Waals surface area contributed by atoms with Crippen molar-refractivity contribution < 1.29 is 23.8 Å². The molecule has 23 heavy (non-hydrogen) atoms. The quantitative estimate of drug-likeness (QED) is 0.782. The fourth-order valence-corrected chi connectivity index (χ4v) is 2.82. The lowest BCUT2D eigenvalue weighted by molar-refractivity contribution is -0.136. The van der Waals surface area contributed by atoms with E-state index in [1.54, 1.807) is 36.4 Å². The molecule has 1 N–H and O–H groups in total. The molecule has 0 aliphatic carbocycles. The molecule has 4 rings (SSSR count). The van der Waals surface area contributed by atoms with Crippen LogP contribution in [0.4, 0.5) is 0 Å². The van der Waals surface area contributed by atoms with E-state index in [1.165, 1.54) is 0 Å². The van der Waals surface area contributed by atoms with E-state index >= 15 is 0 Å². The minimum absolute atomic E-state index is 0.148. The number of halogens is 1. The van der Waals surface area contributed by atoms with Crippen LogP contribution in [0.5, 0.6) is 11.5 Å². The molecule has 6 heteroatoms. The van der Waals surface area contributed by atoms with Crippen LogP contribution in [0.3, 0.4) is 0 Å². The van der Waals surface area contributed by atoms with E-state index in [9.17, 15) is 9.90 Å². The van der Waals surface area contributed by atoms with E-state index in [1.807, 2.05) is 0 Å². The van der Waals surface area contributed by atoms with Crippen LogP contribution in [0.15, 0.2) is 40.8 Å². The summed E-state index contributed by atoms with van der Waals surface area (Å²) in [5, 5.41) is 10.5. The summed E-state index contributed by atoms with van der Waals surface area (Å²) in [7, 11) is 0. The molecular formula is C17H11ClO5. The molecule has 0 atom stereocenters. The Bertz CT molecular complexity index is 911. The Morgan fingerprint density at radius 3 is 2.52 bits per heavy atom. The Hall–Kier alpha value is -2.66. The molecular weight excluding hydrogens is 320 g/mol. The third-order valence-electron chi connectivity index (χ3n) is 3.72. The highest BCUT2D eigenvalue weighted by molar-refractivity contribution is 6.30. The number of aliphatic carboxylic acids is 1. The molecule has 0 saturated heterocycles. The number of rotatable bonds is 3. The van der Waals surface area contributed by atoms with Gasteiger partial charge >= 0.3 is 5.97 Å². The summed E-state index contributed by atoms with van der Waals surface area (Å²) in [5.74, 6) is 0.770. The van der Waals surface area contributed by atoms with E-state index < -0.39 is 5.97 Å². The van der Waals surface area contributed by atoms with Crippen LogP contribution in [0.2, 0.25) is 5.02 Å². The zero-order valence-electron chi connectivity index (χ0n) is 11.8. The highest BCUT2D eigenvalue weighted by Gasteiger charge is 2.23. The average molecular weight is 331 g/mol. The topological polar surface area (TPSA) is 68.9 Å². The van der Waals surface area contributed by atoms with Gasteiger partial charge in [0.25, 0.3) is 0 Å². The number of carbonyl (C=O) groups is 1. The van der Waals surface area contributed by atoms with Crippen molar-refractivity contribution in [1.29, 1.82) is 0 Å². The molecule has 1 aromatic heterocycles. The molecule has 0 bridgehead atoms. The first-order valence-electron chi connectivity index (χ1n) is 6.94. The average Bonchev–Trinajstić information content (AvgIpc) is 3.10. The molecule has 0 fully saturated rings. The SMILES string of the molecule is O=C(O)Cc1c(-c2ccc(Cl)cc2)oc2cc3c(cc12)OCO3. The largest absolute Gasteiger partial charge is 0.481 e. The Kier molecular flexibility index (Phi) is 3.16.